The van der Waals surface area contributed by atoms with Gasteiger partial charge in [0.05, 0.1) is 12.0 Å². The van der Waals surface area contributed by atoms with E-state index in [2.05, 4.69) is 32.8 Å². The monoisotopic (exact) mass is 293 g/mol. The third kappa shape index (κ3) is 3.31. The fourth-order valence-electron chi connectivity index (χ4n) is 1.75. The summed E-state index contributed by atoms with van der Waals surface area (Å²) in [7, 11) is 0. The number of hydrogen-bond acceptors (Lipinski definition) is 3. The summed E-state index contributed by atoms with van der Waals surface area (Å²) in [5.74, 6) is 5.73. The van der Waals surface area contributed by atoms with E-state index in [0.717, 1.165) is 11.0 Å². The average molecular weight is 294 g/mol. The van der Waals surface area contributed by atoms with Crippen molar-refractivity contribution in [1.82, 2.24) is 4.98 Å². The summed E-state index contributed by atoms with van der Waals surface area (Å²) in [6, 6.07) is 5.57. The minimum absolute atomic E-state index is 0.0262. The Morgan fingerprint density at radius 3 is 3.06 bits per heavy atom. The van der Waals surface area contributed by atoms with Crippen molar-refractivity contribution in [1.29, 1.82) is 0 Å². The second kappa shape index (κ2) is 5.33. The molecule has 2 heterocycles. The zero-order chi connectivity index (χ0) is 12.3. The highest BCUT2D eigenvalue weighted by atomic mass is 79.9. The molecule has 3 nitrogen and oxygen atoms in total. The molecule has 0 radical (unpaired) electrons. The van der Waals surface area contributed by atoms with Crippen LogP contribution in [0.25, 0.3) is 0 Å². The normalized spacial score (nSPS) is 22.8. The fraction of sp³-hybridized carbons (Fsp3) is 0.385. The maximum absolute atomic E-state index is 11.4. The number of rotatable bonds is 1. The van der Waals surface area contributed by atoms with Crippen LogP contribution in [0.3, 0.4) is 0 Å². The number of pyridine rings is 1. The molecule has 0 spiro atoms. The maximum Gasteiger partial charge on any atom is 0.310 e. The van der Waals surface area contributed by atoms with Crippen LogP contribution in [0, 0.1) is 17.8 Å². The highest BCUT2D eigenvalue weighted by Crippen LogP contribution is 2.23. The molecular formula is C13H12BrNO2. The van der Waals surface area contributed by atoms with E-state index in [1.807, 2.05) is 25.1 Å². The van der Waals surface area contributed by atoms with Crippen molar-refractivity contribution in [3.05, 3.63) is 28.5 Å². The van der Waals surface area contributed by atoms with Crippen molar-refractivity contribution in [3.8, 4) is 11.8 Å². The number of cyclic esters (lactones) is 1. The maximum atomic E-state index is 11.4. The summed E-state index contributed by atoms with van der Waals surface area (Å²) in [5, 5.41) is 0. The van der Waals surface area contributed by atoms with E-state index in [0.29, 0.717) is 12.1 Å². The second-order valence-electron chi connectivity index (χ2n) is 4.03. The number of esters is 1. The highest BCUT2D eigenvalue weighted by Gasteiger charge is 2.30. The summed E-state index contributed by atoms with van der Waals surface area (Å²) in [6.07, 6.45) is 1.33. The summed E-state index contributed by atoms with van der Waals surface area (Å²) < 4.78 is 5.83. The SMILES string of the molecule is CC1CC(CC#Cc2cccc(Br)n2)C(=O)O1. The number of nitrogens with zero attached hydrogens (tertiary/aromatic N) is 1. The summed E-state index contributed by atoms with van der Waals surface area (Å²) in [6.45, 7) is 1.90. The van der Waals surface area contributed by atoms with Crippen LogP contribution < -0.4 is 0 Å². The number of hydrogen-bond donors (Lipinski definition) is 0. The van der Waals surface area contributed by atoms with Crippen LogP contribution in [-0.4, -0.2) is 17.1 Å². The highest BCUT2D eigenvalue weighted by molar-refractivity contribution is 9.10. The number of aromatic nitrogens is 1. The quantitative estimate of drug-likeness (QED) is 0.454. The van der Waals surface area contributed by atoms with Gasteiger partial charge in [-0.25, -0.2) is 4.98 Å². The van der Waals surface area contributed by atoms with Crippen LogP contribution in [0.1, 0.15) is 25.5 Å². The number of carbonyl (C=O) groups is 1. The molecule has 0 N–H and O–H groups in total. The largest absolute Gasteiger partial charge is 0.462 e. The van der Waals surface area contributed by atoms with Crippen LogP contribution in [0.5, 0.6) is 0 Å². The summed E-state index contributed by atoms with van der Waals surface area (Å²) >= 11 is 3.28. The molecule has 1 saturated heterocycles. The molecule has 0 amide bonds. The van der Waals surface area contributed by atoms with Gasteiger partial charge in [-0.2, -0.15) is 0 Å². The fourth-order valence-corrected chi connectivity index (χ4v) is 2.09. The Kier molecular flexibility index (Phi) is 3.80. The van der Waals surface area contributed by atoms with Crippen molar-refractivity contribution in [3.63, 3.8) is 0 Å². The van der Waals surface area contributed by atoms with Gasteiger partial charge in [-0.3, -0.25) is 4.79 Å². The zero-order valence-corrected chi connectivity index (χ0v) is 11.0. The van der Waals surface area contributed by atoms with E-state index in [4.69, 9.17) is 4.74 Å². The standard InChI is InChI=1S/C13H12BrNO2/c1-9-8-10(13(16)17-9)4-2-5-11-6-3-7-12(14)15-11/h3,6-7,9-10H,4,8H2,1H3. The van der Waals surface area contributed by atoms with Gasteiger partial charge in [0.15, 0.2) is 0 Å². The Hall–Kier alpha value is -1.34. The summed E-state index contributed by atoms with van der Waals surface area (Å²) in [5.41, 5.74) is 0.707. The molecule has 1 fully saturated rings. The van der Waals surface area contributed by atoms with Gasteiger partial charge in [0, 0.05) is 6.42 Å². The Morgan fingerprint density at radius 1 is 1.59 bits per heavy atom. The van der Waals surface area contributed by atoms with Gasteiger partial charge in [-0.15, -0.1) is 0 Å². The van der Waals surface area contributed by atoms with E-state index in [1.165, 1.54) is 0 Å². The Balaban J connectivity index is 1.97. The van der Waals surface area contributed by atoms with Crippen molar-refractivity contribution in [2.45, 2.75) is 25.9 Å². The number of halogens is 1. The van der Waals surface area contributed by atoms with Crippen LogP contribution in [0.2, 0.25) is 0 Å². The van der Waals surface area contributed by atoms with Gasteiger partial charge in [-0.05, 0) is 47.3 Å². The van der Waals surface area contributed by atoms with Crippen molar-refractivity contribution in [2.75, 3.05) is 0 Å². The zero-order valence-electron chi connectivity index (χ0n) is 9.44. The van der Waals surface area contributed by atoms with Crippen molar-refractivity contribution >= 4 is 21.9 Å². The van der Waals surface area contributed by atoms with Crippen LogP contribution in [0.15, 0.2) is 22.8 Å². The molecule has 88 valence electrons. The first-order chi connectivity index (χ1) is 8.15. The number of ether oxygens (including phenoxy) is 1. The predicted molar refractivity (Wildman–Crippen MR) is 67.1 cm³/mol. The lowest BCUT2D eigenvalue weighted by molar-refractivity contribution is -0.143. The van der Waals surface area contributed by atoms with E-state index in [9.17, 15) is 4.79 Å². The van der Waals surface area contributed by atoms with E-state index in [-0.39, 0.29) is 18.0 Å². The lowest BCUT2D eigenvalue weighted by atomic mass is 10.0. The lowest BCUT2D eigenvalue weighted by Gasteiger charge is -1.96. The van der Waals surface area contributed by atoms with Crippen molar-refractivity contribution in [2.24, 2.45) is 5.92 Å². The molecule has 1 aromatic heterocycles. The first-order valence-electron chi connectivity index (χ1n) is 5.47. The third-order valence-corrected chi connectivity index (χ3v) is 2.99. The van der Waals surface area contributed by atoms with E-state index < -0.39 is 0 Å². The summed E-state index contributed by atoms with van der Waals surface area (Å²) in [4.78, 5) is 15.6. The predicted octanol–water partition coefficient (Wildman–Crippen LogP) is 2.54. The molecular weight excluding hydrogens is 282 g/mol. The molecule has 0 bridgehead atoms. The molecule has 17 heavy (non-hydrogen) atoms. The molecule has 2 atom stereocenters. The average Bonchev–Trinajstić information content (AvgIpc) is 2.58. The van der Waals surface area contributed by atoms with Crippen LogP contribution in [-0.2, 0) is 9.53 Å². The van der Waals surface area contributed by atoms with Gasteiger partial charge in [0.1, 0.15) is 10.3 Å². The molecule has 2 unspecified atom stereocenters. The first kappa shape index (κ1) is 12.1. The molecule has 0 aromatic carbocycles. The lowest BCUT2D eigenvalue weighted by Crippen LogP contribution is -2.06. The Labute approximate surface area is 109 Å². The number of carbonyl (C=O) groups excluding carboxylic acids is 1. The molecule has 0 saturated carbocycles. The molecule has 1 aromatic rings. The molecule has 0 aliphatic carbocycles. The van der Waals surface area contributed by atoms with Gasteiger partial charge < -0.3 is 4.74 Å². The van der Waals surface area contributed by atoms with Crippen molar-refractivity contribution < 1.29 is 9.53 Å². The van der Waals surface area contributed by atoms with Gasteiger partial charge in [0.2, 0.25) is 0 Å². The van der Waals surface area contributed by atoms with Gasteiger partial charge in [0.25, 0.3) is 0 Å². The minimum atomic E-state index is -0.131. The molecule has 2 rings (SSSR count). The smallest absolute Gasteiger partial charge is 0.310 e. The van der Waals surface area contributed by atoms with Gasteiger partial charge in [-0.1, -0.05) is 12.0 Å². The van der Waals surface area contributed by atoms with Crippen LogP contribution in [0.4, 0.5) is 0 Å². The van der Waals surface area contributed by atoms with Crippen LogP contribution >= 0.6 is 15.9 Å². The van der Waals surface area contributed by atoms with Gasteiger partial charge >= 0.3 is 5.97 Å². The molecule has 1 aliphatic rings. The van der Waals surface area contributed by atoms with E-state index >= 15 is 0 Å². The molecule has 1 aliphatic heterocycles. The minimum Gasteiger partial charge on any atom is -0.462 e. The second-order valence-corrected chi connectivity index (χ2v) is 4.84. The first-order valence-corrected chi connectivity index (χ1v) is 6.26. The Bertz CT molecular complexity index is 490. The molecule has 4 heteroatoms. The topological polar surface area (TPSA) is 39.2 Å². The Morgan fingerprint density at radius 2 is 2.41 bits per heavy atom. The third-order valence-electron chi connectivity index (χ3n) is 2.55. The van der Waals surface area contributed by atoms with E-state index in [1.54, 1.807) is 0 Å².